The lowest BCUT2D eigenvalue weighted by Gasteiger charge is -2.11. The standard InChI is InChI=1S/C42H26FN3/c43-27-12-11-17-30(26-27)44-37-24-22-33-31-18-7-9-20-35(31)45(28-13-3-1-4-14-28)41(33)39(37)40-38(44)25-23-34-32-19-8-10-21-36(32)46(42(34)40)29-15-5-2-6-16-29/h1-26H. The Bertz CT molecular complexity index is 2630. The highest BCUT2D eigenvalue weighted by Gasteiger charge is 2.25. The van der Waals surface area contributed by atoms with Gasteiger partial charge in [-0.25, -0.2) is 4.39 Å². The molecular weight excluding hydrogens is 565 g/mol. The number of rotatable bonds is 3. The maximum absolute atomic E-state index is 14.9. The van der Waals surface area contributed by atoms with Gasteiger partial charge < -0.3 is 13.7 Å². The van der Waals surface area contributed by atoms with Crippen molar-refractivity contribution in [2.45, 2.75) is 0 Å². The summed E-state index contributed by atoms with van der Waals surface area (Å²) in [7, 11) is 0. The average molecular weight is 592 g/mol. The van der Waals surface area contributed by atoms with Crippen LogP contribution in [0.15, 0.2) is 158 Å². The number of benzene rings is 7. The quantitative estimate of drug-likeness (QED) is 0.194. The molecule has 0 aliphatic rings. The van der Waals surface area contributed by atoms with Gasteiger partial charge in [0.2, 0.25) is 0 Å². The van der Waals surface area contributed by atoms with Crippen LogP contribution in [0.3, 0.4) is 0 Å². The van der Waals surface area contributed by atoms with E-state index in [4.69, 9.17) is 0 Å². The van der Waals surface area contributed by atoms with Gasteiger partial charge in [0.1, 0.15) is 5.82 Å². The predicted molar refractivity (Wildman–Crippen MR) is 189 cm³/mol. The molecule has 0 atom stereocenters. The summed E-state index contributed by atoms with van der Waals surface area (Å²) in [4.78, 5) is 0. The smallest absolute Gasteiger partial charge is 0.125 e. The molecule has 0 saturated carbocycles. The van der Waals surface area contributed by atoms with Crippen molar-refractivity contribution in [1.29, 1.82) is 0 Å². The largest absolute Gasteiger partial charge is 0.309 e. The minimum atomic E-state index is -0.258. The van der Waals surface area contributed by atoms with E-state index >= 15 is 0 Å². The first-order valence-corrected chi connectivity index (χ1v) is 15.6. The molecule has 216 valence electrons. The second-order valence-corrected chi connectivity index (χ2v) is 11.9. The highest BCUT2D eigenvalue weighted by molar-refractivity contribution is 6.33. The third kappa shape index (κ3) is 3.36. The summed E-state index contributed by atoms with van der Waals surface area (Å²) in [5.41, 5.74) is 9.65. The molecule has 3 heterocycles. The third-order valence-corrected chi connectivity index (χ3v) is 9.46. The molecule has 0 spiro atoms. The topological polar surface area (TPSA) is 14.8 Å². The lowest BCUT2D eigenvalue weighted by Crippen LogP contribution is -1.95. The summed E-state index contributed by atoms with van der Waals surface area (Å²) in [5, 5.41) is 7.05. The molecule has 46 heavy (non-hydrogen) atoms. The Balaban J connectivity index is 1.54. The minimum Gasteiger partial charge on any atom is -0.309 e. The van der Waals surface area contributed by atoms with Crippen LogP contribution in [0.1, 0.15) is 0 Å². The van der Waals surface area contributed by atoms with E-state index in [-0.39, 0.29) is 5.82 Å². The van der Waals surface area contributed by atoms with E-state index in [1.54, 1.807) is 12.1 Å². The van der Waals surface area contributed by atoms with Crippen molar-refractivity contribution in [1.82, 2.24) is 13.7 Å². The van der Waals surface area contributed by atoms with Gasteiger partial charge in [-0.3, -0.25) is 0 Å². The van der Waals surface area contributed by atoms with Crippen LogP contribution in [0, 0.1) is 5.82 Å². The summed E-state index contributed by atoms with van der Waals surface area (Å²) in [6.07, 6.45) is 0. The highest BCUT2D eigenvalue weighted by Crippen LogP contribution is 2.46. The second-order valence-electron chi connectivity index (χ2n) is 11.9. The molecule has 7 aromatic carbocycles. The van der Waals surface area contributed by atoms with Crippen LogP contribution < -0.4 is 0 Å². The van der Waals surface area contributed by atoms with Crippen LogP contribution in [0.2, 0.25) is 0 Å². The molecule has 10 rings (SSSR count). The van der Waals surface area contributed by atoms with Crippen molar-refractivity contribution >= 4 is 65.4 Å². The number of hydrogen-bond acceptors (Lipinski definition) is 0. The van der Waals surface area contributed by atoms with Crippen molar-refractivity contribution in [3.8, 4) is 17.1 Å². The molecule has 0 saturated heterocycles. The van der Waals surface area contributed by atoms with Crippen molar-refractivity contribution < 1.29 is 4.39 Å². The number of aromatic nitrogens is 3. The molecule has 0 radical (unpaired) electrons. The Morgan fingerprint density at radius 2 is 0.783 bits per heavy atom. The SMILES string of the molecule is Fc1cccc(-n2c3ccc4c5ccccc5n(-c5ccccc5)c4c3c3c2ccc2c4ccccc4n(-c4ccccc4)c23)c1. The van der Waals surface area contributed by atoms with E-state index in [0.29, 0.717) is 0 Å². The summed E-state index contributed by atoms with van der Waals surface area (Å²) >= 11 is 0. The molecule has 0 aliphatic heterocycles. The number of hydrogen-bond donors (Lipinski definition) is 0. The molecule has 0 aliphatic carbocycles. The fourth-order valence-electron chi connectivity index (χ4n) is 7.67. The minimum absolute atomic E-state index is 0.258. The zero-order chi connectivity index (χ0) is 30.4. The lowest BCUT2D eigenvalue weighted by atomic mass is 10.0. The first kappa shape index (κ1) is 25.2. The third-order valence-electron chi connectivity index (χ3n) is 9.46. The predicted octanol–water partition coefficient (Wildman–Crippen LogP) is 11.1. The van der Waals surface area contributed by atoms with Gasteiger partial charge in [-0.05, 0) is 66.7 Å². The summed E-state index contributed by atoms with van der Waals surface area (Å²) in [6, 6.07) is 54.3. The number of halogens is 1. The zero-order valence-corrected chi connectivity index (χ0v) is 24.7. The van der Waals surface area contributed by atoms with Crippen molar-refractivity contribution in [2.75, 3.05) is 0 Å². The molecule has 3 nitrogen and oxygen atoms in total. The van der Waals surface area contributed by atoms with Crippen LogP contribution >= 0.6 is 0 Å². The molecular formula is C42H26FN3. The first-order valence-electron chi connectivity index (χ1n) is 15.6. The van der Waals surface area contributed by atoms with Gasteiger partial charge in [-0.1, -0.05) is 91.0 Å². The fraction of sp³-hybridized carbons (Fsp3) is 0. The summed E-state index contributed by atoms with van der Waals surface area (Å²) < 4.78 is 21.9. The molecule has 0 amide bonds. The maximum Gasteiger partial charge on any atom is 0.125 e. The molecule has 3 aromatic heterocycles. The molecule has 4 heteroatoms. The number of nitrogens with zero attached hydrogens (tertiary/aromatic N) is 3. The fourth-order valence-corrected chi connectivity index (χ4v) is 7.67. The van der Waals surface area contributed by atoms with E-state index in [1.807, 2.05) is 6.07 Å². The van der Waals surface area contributed by atoms with Crippen LogP contribution in [0.4, 0.5) is 4.39 Å². The normalized spacial score (nSPS) is 12.0. The average Bonchev–Trinajstić information content (AvgIpc) is 3.74. The maximum atomic E-state index is 14.9. The first-order chi connectivity index (χ1) is 22.8. The van der Waals surface area contributed by atoms with Crippen LogP contribution in [0.5, 0.6) is 0 Å². The van der Waals surface area contributed by atoms with E-state index in [2.05, 4.69) is 147 Å². The number of para-hydroxylation sites is 4. The Morgan fingerprint density at radius 3 is 1.28 bits per heavy atom. The Hall–Kier alpha value is -6.13. The van der Waals surface area contributed by atoms with Crippen molar-refractivity contribution in [2.24, 2.45) is 0 Å². The molecule has 0 fully saturated rings. The van der Waals surface area contributed by atoms with E-state index in [1.165, 1.54) is 27.6 Å². The van der Waals surface area contributed by atoms with Gasteiger partial charge in [0.15, 0.2) is 0 Å². The van der Waals surface area contributed by atoms with Gasteiger partial charge in [0.05, 0.1) is 33.1 Å². The Kier molecular flexibility index (Phi) is 5.17. The highest BCUT2D eigenvalue weighted by atomic mass is 19.1. The van der Waals surface area contributed by atoms with Crippen molar-refractivity contribution in [3.05, 3.63) is 164 Å². The summed E-state index contributed by atoms with van der Waals surface area (Å²) in [6.45, 7) is 0. The van der Waals surface area contributed by atoms with Gasteiger partial charge in [-0.15, -0.1) is 0 Å². The molecule has 10 aromatic rings. The van der Waals surface area contributed by atoms with Gasteiger partial charge in [0, 0.05) is 49.4 Å². The molecule has 0 N–H and O–H groups in total. The van der Waals surface area contributed by atoms with Crippen LogP contribution in [0.25, 0.3) is 82.5 Å². The van der Waals surface area contributed by atoms with Gasteiger partial charge in [0.25, 0.3) is 0 Å². The molecule has 0 unspecified atom stereocenters. The Labute approximate surface area is 263 Å². The van der Waals surface area contributed by atoms with Crippen LogP contribution in [-0.2, 0) is 0 Å². The van der Waals surface area contributed by atoms with E-state index in [9.17, 15) is 4.39 Å². The zero-order valence-electron chi connectivity index (χ0n) is 24.7. The monoisotopic (exact) mass is 591 g/mol. The van der Waals surface area contributed by atoms with Gasteiger partial charge >= 0.3 is 0 Å². The summed E-state index contributed by atoms with van der Waals surface area (Å²) in [5.74, 6) is -0.258. The lowest BCUT2D eigenvalue weighted by molar-refractivity contribution is 0.627. The second kappa shape index (κ2) is 9.43. The Morgan fingerprint density at radius 1 is 0.326 bits per heavy atom. The molecule has 0 bridgehead atoms. The van der Waals surface area contributed by atoms with Crippen LogP contribution in [-0.4, -0.2) is 13.7 Å². The number of fused-ring (bicyclic) bond motifs is 11. The van der Waals surface area contributed by atoms with Gasteiger partial charge in [-0.2, -0.15) is 0 Å². The van der Waals surface area contributed by atoms with Crippen molar-refractivity contribution in [3.63, 3.8) is 0 Å². The van der Waals surface area contributed by atoms with E-state index < -0.39 is 0 Å². The van der Waals surface area contributed by atoms with E-state index in [0.717, 1.165) is 60.9 Å².